The third-order valence-electron chi connectivity index (χ3n) is 3.11. The molecule has 0 spiro atoms. The Morgan fingerprint density at radius 2 is 2.15 bits per heavy atom. The maximum absolute atomic E-state index is 13.2. The molecule has 20 heavy (non-hydrogen) atoms. The SMILES string of the molecule is CC(C)c1[nH]nc(C(=O)N(C)c2cccc(F)c2)c1N. The van der Waals surface area contributed by atoms with E-state index in [1.807, 2.05) is 13.8 Å². The van der Waals surface area contributed by atoms with E-state index < -0.39 is 5.82 Å². The van der Waals surface area contributed by atoms with Crippen molar-refractivity contribution in [1.82, 2.24) is 10.2 Å². The molecule has 1 heterocycles. The highest BCUT2D eigenvalue weighted by Crippen LogP contribution is 2.24. The summed E-state index contributed by atoms with van der Waals surface area (Å²) in [5.41, 5.74) is 7.60. The molecule has 106 valence electrons. The molecule has 0 fully saturated rings. The zero-order chi connectivity index (χ0) is 14.9. The number of anilines is 2. The van der Waals surface area contributed by atoms with Crippen molar-refractivity contribution in [3.63, 3.8) is 0 Å². The second-order valence-electron chi connectivity index (χ2n) is 4.90. The Hall–Kier alpha value is -2.37. The van der Waals surface area contributed by atoms with Crippen LogP contribution in [0.5, 0.6) is 0 Å². The molecule has 1 aromatic carbocycles. The lowest BCUT2D eigenvalue weighted by molar-refractivity contribution is 0.0989. The van der Waals surface area contributed by atoms with Gasteiger partial charge >= 0.3 is 0 Å². The number of halogens is 1. The van der Waals surface area contributed by atoms with Gasteiger partial charge in [-0.3, -0.25) is 9.89 Å². The number of nitrogens with two attached hydrogens (primary N) is 1. The van der Waals surface area contributed by atoms with Crippen molar-refractivity contribution < 1.29 is 9.18 Å². The minimum Gasteiger partial charge on any atom is -0.395 e. The molecule has 0 aliphatic heterocycles. The van der Waals surface area contributed by atoms with Crippen molar-refractivity contribution in [1.29, 1.82) is 0 Å². The number of nitrogens with one attached hydrogen (secondary N) is 1. The number of H-pyrrole nitrogens is 1. The van der Waals surface area contributed by atoms with Crippen LogP contribution in [0.3, 0.4) is 0 Å². The van der Waals surface area contributed by atoms with Crippen LogP contribution in [-0.2, 0) is 0 Å². The summed E-state index contributed by atoms with van der Waals surface area (Å²) in [4.78, 5) is 13.7. The Balaban J connectivity index is 2.32. The van der Waals surface area contributed by atoms with Gasteiger partial charge in [-0.15, -0.1) is 0 Å². The average Bonchev–Trinajstić information content (AvgIpc) is 2.79. The number of aromatic amines is 1. The van der Waals surface area contributed by atoms with Crippen molar-refractivity contribution in [2.24, 2.45) is 0 Å². The molecule has 2 rings (SSSR count). The number of nitrogens with zero attached hydrogens (tertiary/aromatic N) is 2. The highest BCUT2D eigenvalue weighted by molar-refractivity contribution is 6.07. The van der Waals surface area contributed by atoms with Gasteiger partial charge in [0.15, 0.2) is 5.69 Å². The second kappa shape index (κ2) is 5.32. The predicted molar refractivity (Wildman–Crippen MR) is 76.2 cm³/mol. The van der Waals surface area contributed by atoms with Crippen LogP contribution in [0.1, 0.15) is 35.9 Å². The number of benzene rings is 1. The summed E-state index contributed by atoms with van der Waals surface area (Å²) in [6.07, 6.45) is 0. The maximum atomic E-state index is 13.2. The molecular weight excluding hydrogens is 259 g/mol. The van der Waals surface area contributed by atoms with Gasteiger partial charge in [-0.2, -0.15) is 5.10 Å². The molecule has 5 nitrogen and oxygen atoms in total. The van der Waals surface area contributed by atoms with E-state index >= 15 is 0 Å². The van der Waals surface area contributed by atoms with Gasteiger partial charge in [0, 0.05) is 12.7 Å². The number of rotatable bonds is 3. The van der Waals surface area contributed by atoms with E-state index in [4.69, 9.17) is 5.73 Å². The Morgan fingerprint density at radius 1 is 1.45 bits per heavy atom. The lowest BCUT2D eigenvalue weighted by Gasteiger charge is -2.16. The molecule has 0 unspecified atom stereocenters. The highest BCUT2D eigenvalue weighted by Gasteiger charge is 2.22. The normalized spacial score (nSPS) is 10.8. The van der Waals surface area contributed by atoms with Gasteiger partial charge in [0.05, 0.1) is 11.4 Å². The fraction of sp³-hybridized carbons (Fsp3) is 0.286. The first-order valence-electron chi connectivity index (χ1n) is 6.29. The quantitative estimate of drug-likeness (QED) is 0.904. The van der Waals surface area contributed by atoms with Crippen LogP contribution in [0.4, 0.5) is 15.8 Å². The standard InChI is InChI=1S/C14H17FN4O/c1-8(2)12-11(16)13(18-17-12)14(20)19(3)10-6-4-5-9(15)7-10/h4-8H,16H2,1-3H3,(H,17,18). The number of nitrogen functional groups attached to an aromatic ring is 1. The summed E-state index contributed by atoms with van der Waals surface area (Å²) in [5.74, 6) is -0.639. The van der Waals surface area contributed by atoms with Crippen LogP contribution in [-0.4, -0.2) is 23.2 Å². The van der Waals surface area contributed by atoms with E-state index in [-0.39, 0.29) is 17.5 Å². The van der Waals surface area contributed by atoms with Crippen molar-refractivity contribution in [2.45, 2.75) is 19.8 Å². The number of aromatic nitrogens is 2. The van der Waals surface area contributed by atoms with Gasteiger partial charge in [-0.05, 0) is 24.1 Å². The van der Waals surface area contributed by atoms with Crippen LogP contribution in [0, 0.1) is 5.82 Å². The lowest BCUT2D eigenvalue weighted by atomic mass is 10.1. The zero-order valence-electron chi connectivity index (χ0n) is 11.6. The van der Waals surface area contributed by atoms with Crippen LogP contribution in [0.2, 0.25) is 0 Å². The third kappa shape index (κ3) is 2.49. The molecule has 0 bridgehead atoms. The van der Waals surface area contributed by atoms with Crippen LogP contribution < -0.4 is 10.6 Å². The molecule has 2 aromatic rings. The van der Waals surface area contributed by atoms with Crippen LogP contribution in [0.15, 0.2) is 24.3 Å². The molecule has 0 aliphatic rings. The molecule has 1 amide bonds. The van der Waals surface area contributed by atoms with Crippen molar-refractivity contribution in [3.8, 4) is 0 Å². The first-order chi connectivity index (χ1) is 9.41. The van der Waals surface area contributed by atoms with Gasteiger partial charge in [-0.1, -0.05) is 19.9 Å². The molecule has 0 atom stereocenters. The molecule has 0 saturated carbocycles. The van der Waals surface area contributed by atoms with Crippen molar-refractivity contribution in [3.05, 3.63) is 41.5 Å². The number of hydrogen-bond acceptors (Lipinski definition) is 3. The molecular formula is C14H17FN4O. The second-order valence-corrected chi connectivity index (χ2v) is 4.90. The fourth-order valence-electron chi connectivity index (χ4n) is 1.93. The van der Waals surface area contributed by atoms with E-state index in [1.54, 1.807) is 19.2 Å². The molecule has 6 heteroatoms. The summed E-state index contributed by atoms with van der Waals surface area (Å²) in [5, 5.41) is 6.75. The minimum absolute atomic E-state index is 0.142. The topological polar surface area (TPSA) is 75.0 Å². The molecule has 0 aliphatic carbocycles. The number of hydrogen-bond donors (Lipinski definition) is 2. The summed E-state index contributed by atoms with van der Waals surface area (Å²) in [7, 11) is 1.56. The van der Waals surface area contributed by atoms with Crippen LogP contribution in [0.25, 0.3) is 0 Å². The van der Waals surface area contributed by atoms with Crippen molar-refractivity contribution >= 4 is 17.3 Å². The predicted octanol–water partition coefficient (Wildman–Crippen LogP) is 2.53. The van der Waals surface area contributed by atoms with E-state index in [1.165, 1.54) is 17.0 Å². The van der Waals surface area contributed by atoms with Gasteiger partial charge in [0.25, 0.3) is 5.91 Å². The minimum atomic E-state index is -0.403. The highest BCUT2D eigenvalue weighted by atomic mass is 19.1. The molecule has 0 radical (unpaired) electrons. The number of amides is 1. The summed E-state index contributed by atoms with van der Waals surface area (Å²) >= 11 is 0. The largest absolute Gasteiger partial charge is 0.395 e. The molecule has 0 saturated heterocycles. The summed E-state index contributed by atoms with van der Waals surface area (Å²) in [6.45, 7) is 3.91. The molecule has 1 aromatic heterocycles. The van der Waals surface area contributed by atoms with E-state index in [0.717, 1.165) is 5.69 Å². The Morgan fingerprint density at radius 3 is 2.70 bits per heavy atom. The average molecular weight is 276 g/mol. The van der Waals surface area contributed by atoms with E-state index in [9.17, 15) is 9.18 Å². The summed E-state index contributed by atoms with van der Waals surface area (Å²) in [6, 6.07) is 5.79. The van der Waals surface area contributed by atoms with Gasteiger partial charge in [-0.25, -0.2) is 4.39 Å². The van der Waals surface area contributed by atoms with Gasteiger partial charge < -0.3 is 10.6 Å². The number of carbonyl (C=O) groups excluding carboxylic acids is 1. The first kappa shape index (κ1) is 14.0. The lowest BCUT2D eigenvalue weighted by Crippen LogP contribution is -2.27. The molecule has 3 N–H and O–H groups in total. The summed E-state index contributed by atoms with van der Waals surface area (Å²) < 4.78 is 13.2. The van der Waals surface area contributed by atoms with Crippen molar-refractivity contribution in [2.75, 3.05) is 17.7 Å². The smallest absolute Gasteiger partial charge is 0.280 e. The van der Waals surface area contributed by atoms with E-state index in [0.29, 0.717) is 11.4 Å². The zero-order valence-corrected chi connectivity index (χ0v) is 11.6. The van der Waals surface area contributed by atoms with Crippen LogP contribution >= 0.6 is 0 Å². The monoisotopic (exact) mass is 276 g/mol. The Labute approximate surface area is 116 Å². The van der Waals surface area contributed by atoms with E-state index in [2.05, 4.69) is 10.2 Å². The Kier molecular flexibility index (Phi) is 3.74. The third-order valence-corrected chi connectivity index (χ3v) is 3.11. The number of carbonyl (C=O) groups is 1. The maximum Gasteiger partial charge on any atom is 0.280 e. The Bertz CT molecular complexity index is 636. The fourth-order valence-corrected chi connectivity index (χ4v) is 1.93. The van der Waals surface area contributed by atoms with Gasteiger partial charge in [0.2, 0.25) is 0 Å². The first-order valence-corrected chi connectivity index (χ1v) is 6.29. The van der Waals surface area contributed by atoms with Gasteiger partial charge in [0.1, 0.15) is 5.82 Å².